The Morgan fingerprint density at radius 3 is 2.85 bits per heavy atom. The lowest BCUT2D eigenvalue weighted by Crippen LogP contribution is -2.21. The SMILES string of the molecule is CS(=O)(=O)CCNCc1cc[nH]c1. The highest BCUT2D eigenvalue weighted by Gasteiger charge is 2.00. The number of sulfone groups is 1. The van der Waals surface area contributed by atoms with Crippen LogP contribution in [0.25, 0.3) is 0 Å². The Labute approximate surface area is 78.3 Å². The van der Waals surface area contributed by atoms with Crippen LogP contribution in [0.15, 0.2) is 18.5 Å². The van der Waals surface area contributed by atoms with Gasteiger partial charge >= 0.3 is 0 Å². The van der Waals surface area contributed by atoms with Crippen molar-refractivity contribution in [1.82, 2.24) is 10.3 Å². The molecule has 0 aliphatic rings. The van der Waals surface area contributed by atoms with E-state index in [0.717, 1.165) is 5.56 Å². The van der Waals surface area contributed by atoms with Gasteiger partial charge in [-0.1, -0.05) is 0 Å². The first-order chi connectivity index (χ1) is 6.08. The standard InChI is InChI=1S/C8H14N2O2S/c1-13(11,12)5-4-10-7-8-2-3-9-6-8/h2-3,6,9-10H,4-5,7H2,1H3. The zero-order valence-corrected chi connectivity index (χ0v) is 8.39. The van der Waals surface area contributed by atoms with E-state index in [1.54, 1.807) is 0 Å². The minimum atomic E-state index is -2.84. The Bertz CT molecular complexity index is 329. The molecule has 4 nitrogen and oxygen atoms in total. The molecule has 5 heteroatoms. The molecule has 0 saturated carbocycles. The maximum atomic E-state index is 10.7. The molecule has 2 N–H and O–H groups in total. The molecular weight excluding hydrogens is 188 g/mol. The lowest BCUT2D eigenvalue weighted by molar-refractivity contribution is 0.596. The van der Waals surface area contributed by atoms with Crippen LogP contribution in [0, 0.1) is 0 Å². The van der Waals surface area contributed by atoms with E-state index in [1.165, 1.54) is 6.26 Å². The number of hydrogen-bond donors (Lipinski definition) is 2. The van der Waals surface area contributed by atoms with E-state index in [2.05, 4.69) is 10.3 Å². The van der Waals surface area contributed by atoms with Gasteiger partial charge in [0.15, 0.2) is 0 Å². The Hall–Kier alpha value is -0.810. The Kier molecular flexibility index (Phi) is 3.50. The van der Waals surface area contributed by atoms with Crippen LogP contribution in [0.1, 0.15) is 5.56 Å². The maximum absolute atomic E-state index is 10.7. The first-order valence-corrected chi connectivity index (χ1v) is 6.14. The summed E-state index contributed by atoms with van der Waals surface area (Å²) in [6, 6.07) is 1.95. The van der Waals surface area contributed by atoms with Gasteiger partial charge in [-0.05, 0) is 11.6 Å². The summed E-state index contributed by atoms with van der Waals surface area (Å²) in [5.41, 5.74) is 1.13. The highest BCUT2D eigenvalue weighted by atomic mass is 32.2. The highest BCUT2D eigenvalue weighted by molar-refractivity contribution is 7.90. The number of aromatic amines is 1. The van der Waals surface area contributed by atoms with Crippen LogP contribution in [0.4, 0.5) is 0 Å². The fourth-order valence-electron chi connectivity index (χ4n) is 0.959. The third-order valence-corrected chi connectivity index (χ3v) is 2.59. The van der Waals surface area contributed by atoms with E-state index in [9.17, 15) is 8.42 Å². The van der Waals surface area contributed by atoms with Gasteiger partial charge in [-0.3, -0.25) is 0 Å². The third kappa shape index (κ3) is 4.69. The predicted octanol–water partition coefficient (Wildman–Crippen LogP) is 0.149. The Morgan fingerprint density at radius 1 is 1.54 bits per heavy atom. The van der Waals surface area contributed by atoms with Crippen molar-refractivity contribution in [3.63, 3.8) is 0 Å². The first-order valence-electron chi connectivity index (χ1n) is 4.08. The van der Waals surface area contributed by atoms with Crippen LogP contribution in [0.3, 0.4) is 0 Å². The van der Waals surface area contributed by atoms with Gasteiger partial charge in [0.25, 0.3) is 0 Å². The molecule has 0 saturated heterocycles. The molecule has 74 valence electrons. The van der Waals surface area contributed by atoms with Gasteiger partial charge in [0.05, 0.1) is 5.75 Å². The van der Waals surface area contributed by atoms with Crippen LogP contribution in [0.2, 0.25) is 0 Å². The number of hydrogen-bond acceptors (Lipinski definition) is 3. The average molecular weight is 202 g/mol. The molecule has 1 rings (SSSR count). The summed E-state index contributed by atoms with van der Waals surface area (Å²) in [6.45, 7) is 1.21. The molecular formula is C8H14N2O2S. The molecule has 0 radical (unpaired) electrons. The number of rotatable bonds is 5. The largest absolute Gasteiger partial charge is 0.367 e. The number of nitrogens with one attached hydrogen (secondary N) is 2. The molecule has 0 amide bonds. The van der Waals surface area contributed by atoms with Crippen LogP contribution in [-0.2, 0) is 16.4 Å². The van der Waals surface area contributed by atoms with Crippen molar-refractivity contribution in [3.05, 3.63) is 24.0 Å². The van der Waals surface area contributed by atoms with Crippen LogP contribution < -0.4 is 5.32 Å². The minimum absolute atomic E-state index is 0.192. The van der Waals surface area contributed by atoms with E-state index in [1.807, 2.05) is 18.5 Å². The number of aromatic nitrogens is 1. The van der Waals surface area contributed by atoms with Crippen molar-refractivity contribution >= 4 is 9.84 Å². The summed E-state index contributed by atoms with van der Waals surface area (Å²) in [5.74, 6) is 0.192. The quantitative estimate of drug-likeness (QED) is 0.668. The summed E-state index contributed by atoms with van der Waals surface area (Å²) in [7, 11) is -2.84. The third-order valence-electron chi connectivity index (χ3n) is 1.64. The second-order valence-corrected chi connectivity index (χ2v) is 5.29. The van der Waals surface area contributed by atoms with E-state index in [0.29, 0.717) is 13.1 Å². The second-order valence-electron chi connectivity index (χ2n) is 3.03. The lowest BCUT2D eigenvalue weighted by atomic mass is 10.3. The highest BCUT2D eigenvalue weighted by Crippen LogP contribution is 1.94. The van der Waals surface area contributed by atoms with Crippen molar-refractivity contribution in [2.45, 2.75) is 6.54 Å². The monoisotopic (exact) mass is 202 g/mol. The maximum Gasteiger partial charge on any atom is 0.148 e. The van der Waals surface area contributed by atoms with Crippen molar-refractivity contribution in [2.75, 3.05) is 18.6 Å². The molecule has 1 aromatic rings. The summed E-state index contributed by atoms with van der Waals surface area (Å²) in [6.07, 6.45) is 4.96. The molecule has 1 aromatic heterocycles. The molecule has 0 fully saturated rings. The Morgan fingerprint density at radius 2 is 2.31 bits per heavy atom. The molecule has 0 unspecified atom stereocenters. The molecule has 0 atom stereocenters. The molecule has 0 aromatic carbocycles. The predicted molar refractivity (Wildman–Crippen MR) is 52.2 cm³/mol. The molecule has 0 spiro atoms. The topological polar surface area (TPSA) is 62.0 Å². The van der Waals surface area contributed by atoms with E-state index in [-0.39, 0.29) is 5.75 Å². The summed E-state index contributed by atoms with van der Waals surface area (Å²) in [5, 5.41) is 3.05. The van der Waals surface area contributed by atoms with Crippen LogP contribution in [-0.4, -0.2) is 32.0 Å². The smallest absolute Gasteiger partial charge is 0.148 e. The lowest BCUT2D eigenvalue weighted by Gasteiger charge is -2.00. The van der Waals surface area contributed by atoms with E-state index >= 15 is 0 Å². The van der Waals surface area contributed by atoms with Crippen molar-refractivity contribution in [3.8, 4) is 0 Å². The normalized spacial score (nSPS) is 11.8. The Balaban J connectivity index is 2.16. The van der Waals surface area contributed by atoms with Gasteiger partial charge < -0.3 is 10.3 Å². The van der Waals surface area contributed by atoms with Gasteiger partial charge in [-0.15, -0.1) is 0 Å². The molecule has 1 heterocycles. The molecule has 13 heavy (non-hydrogen) atoms. The second kappa shape index (κ2) is 4.43. The van der Waals surface area contributed by atoms with Crippen molar-refractivity contribution in [2.24, 2.45) is 0 Å². The summed E-state index contributed by atoms with van der Waals surface area (Å²) in [4.78, 5) is 2.93. The average Bonchev–Trinajstić information content (AvgIpc) is 2.48. The van der Waals surface area contributed by atoms with Gasteiger partial charge in [0, 0.05) is 31.7 Å². The van der Waals surface area contributed by atoms with E-state index < -0.39 is 9.84 Å². The van der Waals surface area contributed by atoms with Crippen molar-refractivity contribution < 1.29 is 8.42 Å². The first kappa shape index (κ1) is 10.3. The minimum Gasteiger partial charge on any atom is -0.367 e. The van der Waals surface area contributed by atoms with Gasteiger partial charge in [-0.25, -0.2) is 8.42 Å². The summed E-state index contributed by atoms with van der Waals surface area (Å²) < 4.78 is 21.5. The van der Waals surface area contributed by atoms with Gasteiger partial charge in [0.2, 0.25) is 0 Å². The van der Waals surface area contributed by atoms with Gasteiger partial charge in [0.1, 0.15) is 9.84 Å². The molecule has 0 aliphatic heterocycles. The molecule has 0 aliphatic carbocycles. The fraction of sp³-hybridized carbons (Fsp3) is 0.500. The van der Waals surface area contributed by atoms with Crippen molar-refractivity contribution in [1.29, 1.82) is 0 Å². The van der Waals surface area contributed by atoms with E-state index in [4.69, 9.17) is 0 Å². The van der Waals surface area contributed by atoms with Crippen LogP contribution >= 0.6 is 0 Å². The summed E-state index contributed by atoms with van der Waals surface area (Å²) >= 11 is 0. The zero-order valence-electron chi connectivity index (χ0n) is 7.58. The zero-order chi connectivity index (χ0) is 9.73. The fourth-order valence-corrected chi connectivity index (χ4v) is 1.47. The van der Waals surface area contributed by atoms with Gasteiger partial charge in [-0.2, -0.15) is 0 Å². The number of H-pyrrole nitrogens is 1. The molecule has 0 bridgehead atoms. The van der Waals surface area contributed by atoms with Crippen LogP contribution in [0.5, 0.6) is 0 Å².